The van der Waals surface area contributed by atoms with Crippen LogP contribution in [-0.2, 0) is 15.2 Å². The Bertz CT molecular complexity index is 430. The summed E-state index contributed by atoms with van der Waals surface area (Å²) in [4.78, 5) is 10.5. The Kier molecular flexibility index (Phi) is 5.43. The van der Waals surface area contributed by atoms with Crippen LogP contribution >= 0.6 is 0 Å². The molecule has 0 unspecified atom stereocenters. The number of carbonyl (C=O) groups excluding carboxylic acids is 1. The second-order valence-electron chi connectivity index (χ2n) is 2.68. The van der Waals surface area contributed by atoms with Crippen LogP contribution in [0.1, 0.15) is 6.92 Å². The van der Waals surface area contributed by atoms with Crippen molar-refractivity contribution in [2.75, 3.05) is 5.32 Å². The molecule has 1 rings (SSSR count). The molecule has 8 heteroatoms. The number of hydrogen-bond donors (Lipinski definition) is 4. The summed E-state index contributed by atoms with van der Waals surface area (Å²) in [6.07, 6.45) is 0. The first-order valence-corrected chi connectivity index (χ1v) is 5.34. The molecule has 1 amide bonds. The smallest absolute Gasteiger partial charge is 0.394 e. The Morgan fingerprint density at radius 1 is 1.19 bits per heavy atom. The minimum absolute atomic E-state index is 0.115. The maximum Gasteiger partial charge on any atom is 0.394 e. The zero-order valence-electron chi connectivity index (χ0n) is 8.28. The average molecular weight is 249 g/mol. The number of benzene rings is 1. The molecule has 1 aromatic carbocycles. The first kappa shape index (κ1) is 14.4. The van der Waals surface area contributed by atoms with E-state index in [0.717, 1.165) is 0 Å². The molecule has 0 fully saturated rings. The molecule has 0 atom stereocenters. The van der Waals surface area contributed by atoms with Crippen molar-refractivity contribution in [3.8, 4) is 5.75 Å². The van der Waals surface area contributed by atoms with Gasteiger partial charge in [0.1, 0.15) is 5.75 Å². The van der Waals surface area contributed by atoms with Crippen LogP contribution < -0.4 is 5.32 Å². The van der Waals surface area contributed by atoms with Crippen molar-refractivity contribution in [2.45, 2.75) is 6.92 Å². The van der Waals surface area contributed by atoms with Gasteiger partial charge in [-0.05, 0) is 24.3 Å². The van der Waals surface area contributed by atoms with Crippen LogP contribution in [0, 0.1) is 0 Å². The van der Waals surface area contributed by atoms with Gasteiger partial charge < -0.3 is 10.4 Å². The number of phenols is 1. The molecule has 0 saturated carbocycles. The van der Waals surface area contributed by atoms with Crippen LogP contribution in [0.2, 0.25) is 0 Å². The summed E-state index contributed by atoms with van der Waals surface area (Å²) in [5.41, 5.74) is 0.690. The first-order valence-electron chi connectivity index (χ1n) is 3.95. The van der Waals surface area contributed by atoms with E-state index in [9.17, 15) is 4.79 Å². The number of nitrogens with one attached hydrogen (secondary N) is 1. The van der Waals surface area contributed by atoms with Crippen LogP contribution in [-0.4, -0.2) is 28.5 Å². The molecule has 0 aromatic heterocycles. The first-order chi connectivity index (χ1) is 7.18. The minimum Gasteiger partial charge on any atom is -0.508 e. The predicted octanol–water partition coefficient (Wildman–Crippen LogP) is 0.698. The molecule has 16 heavy (non-hydrogen) atoms. The highest BCUT2D eigenvalue weighted by Crippen LogP contribution is 2.13. The fourth-order valence-corrected chi connectivity index (χ4v) is 0.748. The molecule has 7 nitrogen and oxygen atoms in total. The zero-order chi connectivity index (χ0) is 12.8. The molecule has 0 radical (unpaired) electrons. The lowest BCUT2D eigenvalue weighted by atomic mass is 10.3. The van der Waals surface area contributed by atoms with Crippen molar-refractivity contribution in [1.82, 2.24) is 0 Å². The molecule has 1 aromatic rings. The monoisotopic (exact) mass is 249 g/mol. The van der Waals surface area contributed by atoms with E-state index in [1.165, 1.54) is 19.1 Å². The standard InChI is InChI=1S/C8H9NO2.H2O4S/c1-6(10)9-7-2-4-8(11)5-3-7;1-5(2,3)4/h2-5,11H,1H3,(H,9,10);(H2,1,2,3,4). The third-order valence-electron chi connectivity index (χ3n) is 1.19. The van der Waals surface area contributed by atoms with E-state index >= 15 is 0 Å². The Morgan fingerprint density at radius 2 is 1.56 bits per heavy atom. The van der Waals surface area contributed by atoms with Gasteiger partial charge in [-0.1, -0.05) is 0 Å². The summed E-state index contributed by atoms with van der Waals surface area (Å²) in [5.74, 6) is 0.0785. The quantitative estimate of drug-likeness (QED) is 0.429. The van der Waals surface area contributed by atoms with Gasteiger partial charge in [-0.2, -0.15) is 8.42 Å². The molecular formula is C8H11NO6S. The van der Waals surface area contributed by atoms with Crippen LogP contribution in [0.3, 0.4) is 0 Å². The van der Waals surface area contributed by atoms with Crippen molar-refractivity contribution in [3.63, 3.8) is 0 Å². The van der Waals surface area contributed by atoms with Gasteiger partial charge in [-0.3, -0.25) is 13.9 Å². The average Bonchev–Trinajstić information content (AvgIpc) is 2.05. The lowest BCUT2D eigenvalue weighted by molar-refractivity contribution is -0.114. The van der Waals surface area contributed by atoms with Gasteiger partial charge in [0.2, 0.25) is 5.91 Å². The van der Waals surface area contributed by atoms with Crippen molar-refractivity contribution in [2.24, 2.45) is 0 Å². The topological polar surface area (TPSA) is 124 Å². The van der Waals surface area contributed by atoms with Crippen molar-refractivity contribution in [3.05, 3.63) is 24.3 Å². The molecule has 0 aliphatic heterocycles. The highest BCUT2D eigenvalue weighted by molar-refractivity contribution is 7.79. The van der Waals surface area contributed by atoms with Gasteiger partial charge in [0.05, 0.1) is 0 Å². The van der Waals surface area contributed by atoms with Gasteiger partial charge in [-0.15, -0.1) is 0 Å². The number of hydrogen-bond acceptors (Lipinski definition) is 4. The summed E-state index contributed by atoms with van der Waals surface area (Å²) in [5, 5.41) is 11.5. The molecule has 0 saturated heterocycles. The van der Waals surface area contributed by atoms with Gasteiger partial charge in [0.25, 0.3) is 0 Å². The predicted molar refractivity (Wildman–Crippen MR) is 56.6 cm³/mol. The lowest BCUT2D eigenvalue weighted by Gasteiger charge is -1.99. The number of carbonyl (C=O) groups is 1. The van der Waals surface area contributed by atoms with E-state index in [1.807, 2.05) is 0 Å². The second kappa shape index (κ2) is 6.05. The molecule has 0 heterocycles. The van der Waals surface area contributed by atoms with E-state index < -0.39 is 10.4 Å². The van der Waals surface area contributed by atoms with Gasteiger partial charge in [0.15, 0.2) is 0 Å². The summed E-state index contributed by atoms with van der Waals surface area (Å²) in [7, 11) is -4.67. The Hall–Kier alpha value is -1.64. The van der Waals surface area contributed by atoms with Crippen LogP contribution in [0.4, 0.5) is 5.69 Å². The van der Waals surface area contributed by atoms with Gasteiger partial charge in [-0.25, -0.2) is 0 Å². The van der Waals surface area contributed by atoms with Gasteiger partial charge >= 0.3 is 10.4 Å². The summed E-state index contributed by atoms with van der Waals surface area (Å²) in [6.45, 7) is 1.44. The summed E-state index contributed by atoms with van der Waals surface area (Å²) in [6, 6.07) is 6.31. The highest BCUT2D eigenvalue weighted by atomic mass is 32.3. The lowest BCUT2D eigenvalue weighted by Crippen LogP contribution is -2.04. The van der Waals surface area contributed by atoms with E-state index in [0.29, 0.717) is 5.69 Å². The molecule has 0 spiro atoms. The van der Waals surface area contributed by atoms with Crippen molar-refractivity contribution >= 4 is 22.0 Å². The highest BCUT2D eigenvalue weighted by Gasteiger charge is 1.93. The molecule has 4 N–H and O–H groups in total. The molecule has 0 bridgehead atoms. The Labute approximate surface area is 92.3 Å². The Balaban J connectivity index is 0.000000385. The third kappa shape index (κ3) is 10.4. The summed E-state index contributed by atoms with van der Waals surface area (Å²) >= 11 is 0. The second-order valence-corrected chi connectivity index (χ2v) is 3.57. The molecule has 0 aliphatic carbocycles. The maximum absolute atomic E-state index is 10.5. The normalized spacial score (nSPS) is 9.94. The van der Waals surface area contributed by atoms with E-state index in [4.69, 9.17) is 22.6 Å². The van der Waals surface area contributed by atoms with Crippen LogP contribution in [0.5, 0.6) is 5.75 Å². The zero-order valence-corrected chi connectivity index (χ0v) is 9.10. The minimum atomic E-state index is -4.67. The third-order valence-corrected chi connectivity index (χ3v) is 1.19. The van der Waals surface area contributed by atoms with Gasteiger partial charge in [0, 0.05) is 12.6 Å². The fourth-order valence-electron chi connectivity index (χ4n) is 0.748. The number of anilines is 1. The van der Waals surface area contributed by atoms with E-state index in [2.05, 4.69) is 5.32 Å². The fraction of sp³-hybridized carbons (Fsp3) is 0.125. The molecule has 90 valence electrons. The van der Waals surface area contributed by atoms with E-state index in [-0.39, 0.29) is 11.7 Å². The number of aromatic hydroxyl groups is 1. The van der Waals surface area contributed by atoms with E-state index in [1.54, 1.807) is 12.1 Å². The Morgan fingerprint density at radius 3 is 1.88 bits per heavy atom. The number of rotatable bonds is 1. The van der Waals surface area contributed by atoms with Crippen molar-refractivity contribution in [1.29, 1.82) is 0 Å². The van der Waals surface area contributed by atoms with Crippen LogP contribution in [0.25, 0.3) is 0 Å². The maximum atomic E-state index is 10.5. The number of amides is 1. The van der Waals surface area contributed by atoms with Crippen LogP contribution in [0.15, 0.2) is 24.3 Å². The molecular weight excluding hydrogens is 238 g/mol. The van der Waals surface area contributed by atoms with Crippen molar-refractivity contribution < 1.29 is 27.4 Å². The summed E-state index contributed by atoms with van der Waals surface area (Å²) < 4.78 is 31.6. The largest absolute Gasteiger partial charge is 0.508 e. The number of phenolic OH excluding ortho intramolecular Hbond substituents is 1. The molecule has 0 aliphatic rings. The SMILES string of the molecule is CC(=O)Nc1ccc(O)cc1.O=S(=O)(O)O.